The van der Waals surface area contributed by atoms with Crippen LogP contribution in [0.1, 0.15) is 21.5 Å². The van der Waals surface area contributed by atoms with Gasteiger partial charge in [0.2, 0.25) is 0 Å². The van der Waals surface area contributed by atoms with Crippen molar-refractivity contribution in [3.63, 3.8) is 0 Å². The van der Waals surface area contributed by atoms with Crippen LogP contribution < -0.4 is 5.73 Å². The van der Waals surface area contributed by atoms with Gasteiger partial charge in [-0.05, 0) is 12.1 Å². The fourth-order valence-electron chi connectivity index (χ4n) is 1.40. The number of nitro benzene ring substituents is 1. The number of nitrogens with zero attached hydrogens (tertiary/aromatic N) is 1. The number of carbonyl (C=O) groups excluding carboxylic acids is 1. The summed E-state index contributed by atoms with van der Waals surface area (Å²) in [5.41, 5.74) is -2.72. The molecule has 2 N–H and O–H groups in total. The molecule has 1 aromatic carbocycles. The first kappa shape index (κ1) is 15.7. The zero-order valence-corrected chi connectivity index (χ0v) is 9.17. The molecule has 0 radical (unpaired) electrons. The van der Waals surface area contributed by atoms with E-state index >= 15 is 0 Å². The number of hydrogen-bond acceptors (Lipinski definition) is 3. The smallest absolute Gasteiger partial charge is 0.365 e. The Morgan fingerprint density at radius 2 is 1.60 bits per heavy atom. The van der Waals surface area contributed by atoms with E-state index < -0.39 is 51.6 Å². The summed E-state index contributed by atoms with van der Waals surface area (Å²) < 4.78 is 75.1. The Morgan fingerprint density at radius 1 is 1.10 bits per heavy atom. The molecule has 1 amide bonds. The van der Waals surface area contributed by atoms with Crippen molar-refractivity contribution >= 4 is 11.6 Å². The second-order valence-corrected chi connectivity index (χ2v) is 3.54. The summed E-state index contributed by atoms with van der Waals surface area (Å²) in [6.07, 6.45) is -10.7. The minimum atomic E-state index is -5.45. The van der Waals surface area contributed by atoms with Crippen LogP contribution in [0.15, 0.2) is 12.1 Å². The van der Waals surface area contributed by atoms with Gasteiger partial charge in [-0.2, -0.15) is 26.3 Å². The van der Waals surface area contributed by atoms with Gasteiger partial charge in [0.05, 0.1) is 10.5 Å². The van der Waals surface area contributed by atoms with Crippen LogP contribution in [-0.4, -0.2) is 10.8 Å². The summed E-state index contributed by atoms with van der Waals surface area (Å²) in [6, 6.07) is -0.528. The molecule has 0 saturated heterocycles. The van der Waals surface area contributed by atoms with E-state index in [1.807, 2.05) is 0 Å². The molecule has 110 valence electrons. The summed E-state index contributed by atoms with van der Waals surface area (Å²) in [4.78, 5) is 19.8. The molecule has 0 aliphatic heterocycles. The highest BCUT2D eigenvalue weighted by Crippen LogP contribution is 2.42. The maximum absolute atomic E-state index is 12.6. The van der Waals surface area contributed by atoms with E-state index in [9.17, 15) is 41.3 Å². The maximum atomic E-state index is 12.6. The average molecular weight is 302 g/mol. The summed E-state index contributed by atoms with van der Waals surface area (Å²) in [7, 11) is 0. The first-order valence-electron chi connectivity index (χ1n) is 4.62. The molecule has 0 heterocycles. The molecule has 5 nitrogen and oxygen atoms in total. The normalized spacial score (nSPS) is 12.3. The minimum absolute atomic E-state index is 0.0876. The largest absolute Gasteiger partial charge is 0.423 e. The lowest BCUT2D eigenvalue weighted by molar-refractivity contribution is -0.388. The van der Waals surface area contributed by atoms with Crippen molar-refractivity contribution in [3.05, 3.63) is 38.9 Å². The Bertz CT molecular complexity index is 578. The highest BCUT2D eigenvalue weighted by Gasteiger charge is 2.44. The average Bonchev–Trinajstić information content (AvgIpc) is 2.24. The fraction of sp³-hybridized carbons (Fsp3) is 0.222. The summed E-state index contributed by atoms with van der Waals surface area (Å²) >= 11 is 0. The molecule has 0 aliphatic carbocycles. The Morgan fingerprint density at radius 3 is 1.90 bits per heavy atom. The third kappa shape index (κ3) is 2.97. The Labute approximate surface area is 106 Å². The SMILES string of the molecule is NC(=O)c1cc(C(F)(F)F)cc(C(F)(F)F)c1[N+](=O)[O-]. The van der Waals surface area contributed by atoms with Crippen LogP contribution in [-0.2, 0) is 12.4 Å². The van der Waals surface area contributed by atoms with E-state index in [-0.39, 0.29) is 6.07 Å². The lowest BCUT2D eigenvalue weighted by atomic mass is 10.0. The molecular formula is C9H4F6N2O3. The molecule has 0 spiro atoms. The summed E-state index contributed by atoms with van der Waals surface area (Å²) in [5, 5.41) is 10.6. The van der Waals surface area contributed by atoms with Gasteiger partial charge in [0.25, 0.3) is 11.6 Å². The Balaban J connectivity index is 3.83. The van der Waals surface area contributed by atoms with Crippen molar-refractivity contribution in [2.75, 3.05) is 0 Å². The second kappa shape index (κ2) is 4.65. The zero-order valence-electron chi connectivity index (χ0n) is 9.17. The van der Waals surface area contributed by atoms with Crippen molar-refractivity contribution in [1.82, 2.24) is 0 Å². The Hall–Kier alpha value is -2.33. The molecule has 11 heteroatoms. The number of carbonyl (C=O) groups is 1. The highest BCUT2D eigenvalue weighted by molar-refractivity contribution is 5.97. The summed E-state index contributed by atoms with van der Waals surface area (Å²) in [6.45, 7) is 0. The fourth-order valence-corrected chi connectivity index (χ4v) is 1.40. The van der Waals surface area contributed by atoms with Gasteiger partial charge in [0, 0.05) is 0 Å². The van der Waals surface area contributed by atoms with E-state index in [4.69, 9.17) is 0 Å². The van der Waals surface area contributed by atoms with E-state index in [0.717, 1.165) is 0 Å². The van der Waals surface area contributed by atoms with E-state index in [1.54, 1.807) is 0 Å². The highest BCUT2D eigenvalue weighted by atomic mass is 19.4. The van der Waals surface area contributed by atoms with E-state index in [2.05, 4.69) is 5.73 Å². The number of nitro groups is 1. The van der Waals surface area contributed by atoms with Crippen LogP contribution in [0.4, 0.5) is 32.0 Å². The maximum Gasteiger partial charge on any atom is 0.423 e. The number of nitrogens with two attached hydrogens (primary N) is 1. The van der Waals surface area contributed by atoms with Gasteiger partial charge in [-0.25, -0.2) is 0 Å². The first-order valence-corrected chi connectivity index (χ1v) is 4.62. The lowest BCUT2D eigenvalue weighted by Gasteiger charge is -2.13. The molecule has 1 rings (SSSR count). The number of benzene rings is 1. The molecule has 20 heavy (non-hydrogen) atoms. The van der Waals surface area contributed by atoms with Gasteiger partial charge in [-0.3, -0.25) is 14.9 Å². The van der Waals surface area contributed by atoms with Crippen LogP contribution in [0.3, 0.4) is 0 Å². The van der Waals surface area contributed by atoms with Crippen LogP contribution in [0, 0.1) is 10.1 Å². The quantitative estimate of drug-likeness (QED) is 0.517. The molecule has 0 unspecified atom stereocenters. The van der Waals surface area contributed by atoms with Crippen LogP contribution >= 0.6 is 0 Å². The predicted molar refractivity (Wildman–Crippen MR) is 51.6 cm³/mol. The zero-order chi connectivity index (χ0) is 15.9. The van der Waals surface area contributed by atoms with Gasteiger partial charge in [0.15, 0.2) is 0 Å². The van der Waals surface area contributed by atoms with Crippen LogP contribution in [0.2, 0.25) is 0 Å². The van der Waals surface area contributed by atoms with Crippen molar-refractivity contribution in [2.45, 2.75) is 12.4 Å². The molecule has 1 aromatic rings. The Kier molecular flexibility index (Phi) is 3.66. The first-order chi connectivity index (χ1) is 8.85. The number of halogens is 6. The predicted octanol–water partition coefficient (Wildman–Crippen LogP) is 2.73. The van der Waals surface area contributed by atoms with Crippen LogP contribution in [0.5, 0.6) is 0 Å². The third-order valence-electron chi connectivity index (χ3n) is 2.19. The topological polar surface area (TPSA) is 86.2 Å². The summed E-state index contributed by atoms with van der Waals surface area (Å²) in [5.74, 6) is -1.77. The monoisotopic (exact) mass is 302 g/mol. The molecular weight excluding hydrogens is 298 g/mol. The standard InChI is InChI=1S/C9H4F6N2O3/c10-8(11,12)3-1-4(7(16)18)6(17(19)20)5(2-3)9(13,14)15/h1-2H,(H2,16,18). The number of hydrogen-bond donors (Lipinski definition) is 1. The van der Waals surface area contributed by atoms with E-state index in [1.165, 1.54) is 0 Å². The van der Waals surface area contributed by atoms with E-state index in [0.29, 0.717) is 0 Å². The van der Waals surface area contributed by atoms with Crippen molar-refractivity contribution in [2.24, 2.45) is 5.73 Å². The molecule has 0 bridgehead atoms. The minimum Gasteiger partial charge on any atom is -0.365 e. The molecule has 0 fully saturated rings. The van der Waals surface area contributed by atoms with Gasteiger partial charge in [0.1, 0.15) is 11.1 Å². The van der Waals surface area contributed by atoms with Gasteiger partial charge in [-0.1, -0.05) is 0 Å². The number of primary amides is 1. The van der Waals surface area contributed by atoms with Gasteiger partial charge < -0.3 is 5.73 Å². The molecule has 0 atom stereocenters. The van der Waals surface area contributed by atoms with Crippen LogP contribution in [0.25, 0.3) is 0 Å². The molecule has 0 aliphatic rings. The lowest BCUT2D eigenvalue weighted by Crippen LogP contribution is -2.20. The third-order valence-corrected chi connectivity index (χ3v) is 2.19. The molecule has 0 aromatic heterocycles. The molecule has 0 saturated carbocycles. The van der Waals surface area contributed by atoms with Crippen molar-refractivity contribution in [1.29, 1.82) is 0 Å². The van der Waals surface area contributed by atoms with Gasteiger partial charge in [-0.15, -0.1) is 0 Å². The second-order valence-electron chi connectivity index (χ2n) is 3.54. The van der Waals surface area contributed by atoms with Crippen molar-refractivity contribution in [3.8, 4) is 0 Å². The number of alkyl halides is 6. The number of rotatable bonds is 2. The van der Waals surface area contributed by atoms with Crippen molar-refractivity contribution < 1.29 is 36.1 Å². The number of amides is 1. The van der Waals surface area contributed by atoms with Gasteiger partial charge >= 0.3 is 12.4 Å².